The van der Waals surface area contributed by atoms with E-state index in [9.17, 15) is 24.0 Å². The fraction of sp³-hybridized carbons (Fsp3) is 0.480. The average molecular weight is 469 g/mol. The molecule has 180 valence electrons. The minimum absolute atomic E-state index is 0.0499. The molecule has 9 heteroatoms. The maximum absolute atomic E-state index is 12.8. The van der Waals surface area contributed by atoms with E-state index < -0.39 is 42.3 Å². The number of carbonyl (C=O) groups is 5. The van der Waals surface area contributed by atoms with Crippen molar-refractivity contribution in [3.63, 3.8) is 0 Å². The van der Waals surface area contributed by atoms with Crippen LogP contribution in [0.3, 0.4) is 0 Å². The van der Waals surface area contributed by atoms with Gasteiger partial charge in [-0.3, -0.25) is 19.3 Å². The Hall–Kier alpha value is -3.49. The first-order valence-corrected chi connectivity index (χ1v) is 11.5. The van der Waals surface area contributed by atoms with E-state index in [-0.39, 0.29) is 29.6 Å². The van der Waals surface area contributed by atoms with Crippen LogP contribution in [0.25, 0.3) is 0 Å². The molecule has 1 aromatic rings. The molecule has 1 heterocycles. The Labute approximate surface area is 197 Å². The molecule has 2 fully saturated rings. The molecular weight excluding hydrogens is 440 g/mol. The summed E-state index contributed by atoms with van der Waals surface area (Å²) in [5, 5.41) is 2.57. The third kappa shape index (κ3) is 4.47. The van der Waals surface area contributed by atoms with Gasteiger partial charge in [-0.05, 0) is 55.4 Å². The average Bonchev–Trinajstić information content (AvgIpc) is 3.49. The molecule has 0 unspecified atom stereocenters. The standard InChI is InChI=1S/C25H28N2O7/c1-13(2)11-33-25(32)15-6-8-18(9-7-15)26-19(28)12-34-24(31)14(3)27-22(29)20-16-4-5-17(10-16)21(20)23(27)30/h4-9,13-14,16-17,20-21H,10-12H2,1-3H3,(H,26,28)/t14-,16-,17-,20-,21-/m0/s1. The molecule has 1 saturated heterocycles. The van der Waals surface area contributed by atoms with Gasteiger partial charge in [0.05, 0.1) is 24.0 Å². The summed E-state index contributed by atoms with van der Waals surface area (Å²) in [4.78, 5) is 63.3. The number of likely N-dealkylation sites (tertiary alicyclic amines) is 1. The number of hydrogen-bond acceptors (Lipinski definition) is 7. The summed E-state index contributed by atoms with van der Waals surface area (Å²) >= 11 is 0. The smallest absolute Gasteiger partial charge is 0.338 e. The number of amides is 3. The molecule has 3 aliphatic rings. The number of rotatable bonds is 8. The van der Waals surface area contributed by atoms with Crippen molar-refractivity contribution in [2.24, 2.45) is 29.6 Å². The van der Waals surface area contributed by atoms with E-state index in [1.165, 1.54) is 31.2 Å². The lowest BCUT2D eigenvalue weighted by Gasteiger charge is -2.23. The molecule has 34 heavy (non-hydrogen) atoms. The first-order chi connectivity index (χ1) is 16.2. The van der Waals surface area contributed by atoms with Gasteiger partial charge in [-0.1, -0.05) is 26.0 Å². The monoisotopic (exact) mass is 468 g/mol. The first kappa shape index (κ1) is 23.7. The van der Waals surface area contributed by atoms with Gasteiger partial charge in [-0.15, -0.1) is 0 Å². The van der Waals surface area contributed by atoms with Gasteiger partial charge in [0.25, 0.3) is 5.91 Å². The van der Waals surface area contributed by atoms with Crippen LogP contribution in [0.5, 0.6) is 0 Å². The Morgan fingerprint density at radius 2 is 1.56 bits per heavy atom. The zero-order valence-corrected chi connectivity index (χ0v) is 19.4. The summed E-state index contributed by atoms with van der Waals surface area (Å²) in [6.07, 6.45) is 4.77. The minimum Gasteiger partial charge on any atom is -0.462 e. The number of carbonyl (C=O) groups excluding carboxylic acids is 5. The molecule has 1 aromatic carbocycles. The largest absolute Gasteiger partial charge is 0.462 e. The molecule has 1 saturated carbocycles. The zero-order chi connectivity index (χ0) is 24.6. The molecule has 0 spiro atoms. The molecule has 3 amide bonds. The molecule has 0 aromatic heterocycles. The topological polar surface area (TPSA) is 119 Å². The number of fused-ring (bicyclic) bond motifs is 5. The second-order valence-corrected chi connectivity index (χ2v) is 9.45. The van der Waals surface area contributed by atoms with Gasteiger partial charge in [0, 0.05) is 5.69 Å². The van der Waals surface area contributed by atoms with Gasteiger partial charge in [-0.25, -0.2) is 9.59 Å². The van der Waals surface area contributed by atoms with Crippen LogP contribution in [0.2, 0.25) is 0 Å². The number of hydrogen-bond donors (Lipinski definition) is 1. The predicted octanol–water partition coefficient (Wildman–Crippen LogP) is 2.18. The van der Waals surface area contributed by atoms with Crippen LogP contribution in [-0.4, -0.2) is 53.8 Å². The molecular formula is C25H28N2O7. The normalized spacial score (nSPS) is 25.5. The summed E-state index contributed by atoms with van der Waals surface area (Å²) in [5.41, 5.74) is 0.766. The van der Waals surface area contributed by atoms with Crippen molar-refractivity contribution in [3.05, 3.63) is 42.0 Å². The number of esters is 2. The van der Waals surface area contributed by atoms with Crippen molar-refractivity contribution < 1.29 is 33.4 Å². The van der Waals surface area contributed by atoms with E-state index in [1.807, 2.05) is 26.0 Å². The van der Waals surface area contributed by atoms with Crippen LogP contribution in [0.1, 0.15) is 37.6 Å². The fourth-order valence-corrected chi connectivity index (χ4v) is 4.88. The van der Waals surface area contributed by atoms with Gasteiger partial charge in [-0.2, -0.15) is 0 Å². The molecule has 5 atom stereocenters. The van der Waals surface area contributed by atoms with E-state index in [2.05, 4.69) is 5.32 Å². The Kier molecular flexibility index (Phi) is 6.54. The number of ether oxygens (including phenoxy) is 2. The molecule has 0 radical (unpaired) electrons. The lowest BCUT2D eigenvalue weighted by molar-refractivity contribution is -0.159. The van der Waals surface area contributed by atoms with Crippen LogP contribution in [0.15, 0.2) is 36.4 Å². The van der Waals surface area contributed by atoms with Crippen LogP contribution in [0.4, 0.5) is 5.69 Å². The first-order valence-electron chi connectivity index (χ1n) is 11.5. The molecule has 4 rings (SSSR count). The van der Waals surface area contributed by atoms with Gasteiger partial charge in [0.2, 0.25) is 11.8 Å². The highest BCUT2D eigenvalue weighted by Crippen LogP contribution is 2.52. The van der Waals surface area contributed by atoms with Crippen LogP contribution >= 0.6 is 0 Å². The van der Waals surface area contributed by atoms with Crippen molar-refractivity contribution in [1.29, 1.82) is 0 Å². The molecule has 9 nitrogen and oxygen atoms in total. The van der Waals surface area contributed by atoms with Crippen molar-refractivity contribution in [2.45, 2.75) is 33.2 Å². The number of nitrogens with zero attached hydrogens (tertiary/aromatic N) is 1. The second kappa shape index (κ2) is 9.40. The predicted molar refractivity (Wildman–Crippen MR) is 120 cm³/mol. The molecule has 2 bridgehead atoms. The maximum Gasteiger partial charge on any atom is 0.338 e. The SMILES string of the molecule is CC(C)COC(=O)c1ccc(NC(=O)COC(=O)[C@H](C)N2C(=O)[C@@H]3[C@@H](C2=O)[C@H]2C=C[C@H]3C2)cc1. The summed E-state index contributed by atoms with van der Waals surface area (Å²) in [5.74, 6) is -3.01. The van der Waals surface area contributed by atoms with Crippen LogP contribution in [-0.2, 0) is 28.7 Å². The lowest BCUT2D eigenvalue weighted by atomic mass is 9.85. The van der Waals surface area contributed by atoms with Crippen LogP contribution in [0, 0.1) is 29.6 Å². The quantitative estimate of drug-likeness (QED) is 0.353. The summed E-state index contributed by atoms with van der Waals surface area (Å²) in [6.45, 7) is 5.05. The number of imide groups is 1. The van der Waals surface area contributed by atoms with E-state index in [0.29, 0.717) is 17.9 Å². The summed E-state index contributed by atoms with van der Waals surface area (Å²) in [7, 11) is 0. The highest BCUT2D eigenvalue weighted by Gasteiger charge is 2.60. The van der Waals surface area contributed by atoms with Crippen LogP contribution < -0.4 is 5.32 Å². The van der Waals surface area contributed by atoms with Gasteiger partial charge in [0.15, 0.2) is 6.61 Å². The van der Waals surface area contributed by atoms with E-state index >= 15 is 0 Å². The highest BCUT2D eigenvalue weighted by molar-refractivity contribution is 6.09. The molecule has 1 aliphatic heterocycles. The molecule has 1 N–H and O–H groups in total. The number of nitrogens with one attached hydrogen (secondary N) is 1. The second-order valence-electron chi connectivity index (χ2n) is 9.45. The third-order valence-corrected chi connectivity index (χ3v) is 6.53. The Morgan fingerprint density at radius 3 is 2.12 bits per heavy atom. The maximum atomic E-state index is 12.8. The Bertz CT molecular complexity index is 1020. The highest BCUT2D eigenvalue weighted by atomic mass is 16.5. The van der Waals surface area contributed by atoms with Crippen molar-refractivity contribution in [1.82, 2.24) is 4.90 Å². The van der Waals surface area contributed by atoms with E-state index in [0.717, 1.165) is 11.3 Å². The fourth-order valence-electron chi connectivity index (χ4n) is 4.88. The summed E-state index contributed by atoms with van der Waals surface area (Å²) in [6, 6.07) is 5.02. The minimum atomic E-state index is -1.10. The van der Waals surface area contributed by atoms with Gasteiger partial charge in [0.1, 0.15) is 6.04 Å². The summed E-state index contributed by atoms with van der Waals surface area (Å²) < 4.78 is 10.2. The molecule has 2 aliphatic carbocycles. The van der Waals surface area contributed by atoms with Crippen molar-refractivity contribution in [3.8, 4) is 0 Å². The lowest BCUT2D eigenvalue weighted by Crippen LogP contribution is -2.45. The number of anilines is 1. The Balaban J connectivity index is 1.26. The van der Waals surface area contributed by atoms with Gasteiger partial charge < -0.3 is 14.8 Å². The van der Waals surface area contributed by atoms with E-state index in [4.69, 9.17) is 9.47 Å². The van der Waals surface area contributed by atoms with E-state index in [1.54, 1.807) is 0 Å². The Morgan fingerprint density at radius 1 is 0.971 bits per heavy atom. The third-order valence-electron chi connectivity index (χ3n) is 6.53. The van der Waals surface area contributed by atoms with Gasteiger partial charge >= 0.3 is 11.9 Å². The van der Waals surface area contributed by atoms with Crippen molar-refractivity contribution >= 4 is 35.3 Å². The number of allylic oxidation sites excluding steroid dienone is 2. The van der Waals surface area contributed by atoms with Crippen molar-refractivity contribution in [2.75, 3.05) is 18.5 Å². The zero-order valence-electron chi connectivity index (χ0n) is 19.4. The number of benzene rings is 1.